The molecule has 0 aromatic carbocycles. The number of ether oxygens (including phenoxy) is 1. The van der Waals surface area contributed by atoms with Gasteiger partial charge in [-0.25, -0.2) is 4.98 Å². The van der Waals surface area contributed by atoms with E-state index in [2.05, 4.69) is 9.97 Å². The maximum absolute atomic E-state index is 8.83. The van der Waals surface area contributed by atoms with Crippen LogP contribution in [0.1, 0.15) is 25.6 Å². The van der Waals surface area contributed by atoms with Crippen molar-refractivity contribution < 1.29 is 9.84 Å². The van der Waals surface area contributed by atoms with Gasteiger partial charge in [-0.15, -0.1) is 0 Å². The molecule has 5 nitrogen and oxygen atoms in total. The van der Waals surface area contributed by atoms with Crippen molar-refractivity contribution in [2.75, 3.05) is 6.61 Å². The zero-order valence-electron chi connectivity index (χ0n) is 8.34. The molecule has 0 saturated carbocycles. The quantitative estimate of drug-likeness (QED) is 0.723. The number of aliphatic hydroxyl groups is 1. The number of rotatable bonds is 4. The van der Waals surface area contributed by atoms with Gasteiger partial charge in [0.1, 0.15) is 0 Å². The molecule has 0 aliphatic carbocycles. The minimum absolute atomic E-state index is 0.0237. The number of hydrogen-bond donors (Lipinski definition) is 2. The molecule has 1 atom stereocenters. The average Bonchev–Trinajstić information content (AvgIpc) is 2.16. The fourth-order valence-electron chi connectivity index (χ4n) is 0.922. The lowest BCUT2D eigenvalue weighted by atomic mass is 10.2. The first-order valence-corrected chi connectivity index (χ1v) is 4.49. The average molecular weight is 197 g/mol. The number of aromatic nitrogens is 2. The highest BCUT2D eigenvalue weighted by molar-refractivity contribution is 5.09. The van der Waals surface area contributed by atoms with Crippen LogP contribution >= 0.6 is 0 Å². The van der Waals surface area contributed by atoms with E-state index in [1.165, 1.54) is 0 Å². The van der Waals surface area contributed by atoms with Crippen molar-refractivity contribution in [3.8, 4) is 6.01 Å². The van der Waals surface area contributed by atoms with Crippen LogP contribution in [0.3, 0.4) is 0 Å². The van der Waals surface area contributed by atoms with Gasteiger partial charge in [-0.2, -0.15) is 4.98 Å². The van der Waals surface area contributed by atoms with Gasteiger partial charge in [0.2, 0.25) is 0 Å². The van der Waals surface area contributed by atoms with Gasteiger partial charge in [0, 0.05) is 6.20 Å². The molecule has 0 amide bonds. The van der Waals surface area contributed by atoms with Crippen molar-refractivity contribution in [1.82, 2.24) is 9.97 Å². The molecule has 0 aliphatic heterocycles. The molecule has 0 radical (unpaired) electrons. The van der Waals surface area contributed by atoms with E-state index in [0.717, 1.165) is 0 Å². The Balaban J connectivity index is 2.78. The highest BCUT2D eigenvalue weighted by Crippen LogP contribution is 2.10. The third-order valence-corrected chi connectivity index (χ3v) is 1.57. The highest BCUT2D eigenvalue weighted by Gasteiger charge is 2.08. The Morgan fingerprint density at radius 1 is 1.57 bits per heavy atom. The van der Waals surface area contributed by atoms with Gasteiger partial charge in [0.05, 0.1) is 24.4 Å². The van der Waals surface area contributed by atoms with Crippen LogP contribution in [0, 0.1) is 0 Å². The van der Waals surface area contributed by atoms with Gasteiger partial charge in [-0.05, 0) is 19.9 Å². The Bertz CT molecular complexity index is 291. The molecule has 0 fully saturated rings. The molecule has 3 N–H and O–H groups in total. The maximum atomic E-state index is 8.83. The lowest BCUT2D eigenvalue weighted by molar-refractivity contribution is 0.219. The largest absolute Gasteiger partial charge is 0.461 e. The molecule has 0 bridgehead atoms. The Kier molecular flexibility index (Phi) is 3.79. The van der Waals surface area contributed by atoms with Crippen LogP contribution in [0.5, 0.6) is 6.01 Å². The van der Waals surface area contributed by atoms with E-state index in [9.17, 15) is 0 Å². The van der Waals surface area contributed by atoms with Crippen molar-refractivity contribution in [1.29, 1.82) is 0 Å². The predicted octanol–water partition coefficient (Wildman–Crippen LogP) is 0.256. The molecule has 1 rings (SSSR count). The Labute approximate surface area is 82.9 Å². The van der Waals surface area contributed by atoms with Crippen LogP contribution in [-0.4, -0.2) is 27.8 Å². The summed E-state index contributed by atoms with van der Waals surface area (Å²) in [6, 6.07) is 1.47. The molecule has 0 aliphatic rings. The molecule has 1 heterocycles. The maximum Gasteiger partial charge on any atom is 0.316 e. The summed E-state index contributed by atoms with van der Waals surface area (Å²) in [5, 5.41) is 8.83. The lowest BCUT2D eigenvalue weighted by Gasteiger charge is -2.10. The van der Waals surface area contributed by atoms with E-state index in [-0.39, 0.29) is 12.7 Å². The van der Waals surface area contributed by atoms with Gasteiger partial charge in [-0.3, -0.25) is 0 Å². The summed E-state index contributed by atoms with van der Waals surface area (Å²) in [6.45, 7) is 3.64. The second kappa shape index (κ2) is 4.88. The molecular formula is C9H15N3O2. The molecule has 14 heavy (non-hydrogen) atoms. The zero-order valence-corrected chi connectivity index (χ0v) is 8.34. The van der Waals surface area contributed by atoms with Crippen molar-refractivity contribution in [2.24, 2.45) is 5.73 Å². The number of nitrogens with two attached hydrogens (primary N) is 1. The van der Waals surface area contributed by atoms with Crippen molar-refractivity contribution in [2.45, 2.75) is 26.0 Å². The second-order valence-corrected chi connectivity index (χ2v) is 3.22. The van der Waals surface area contributed by atoms with Crippen molar-refractivity contribution in [3.05, 3.63) is 18.0 Å². The Hall–Kier alpha value is -1.20. The molecule has 0 spiro atoms. The molecule has 1 aromatic heterocycles. The SMILES string of the molecule is CC(C)Oc1nccc(C(N)CO)n1. The Morgan fingerprint density at radius 2 is 2.29 bits per heavy atom. The monoisotopic (exact) mass is 197 g/mol. The zero-order chi connectivity index (χ0) is 10.6. The van der Waals surface area contributed by atoms with E-state index in [4.69, 9.17) is 15.6 Å². The van der Waals surface area contributed by atoms with Crippen molar-refractivity contribution >= 4 is 0 Å². The third-order valence-electron chi connectivity index (χ3n) is 1.57. The standard InChI is InChI=1S/C9H15N3O2/c1-6(2)14-9-11-4-3-8(12-9)7(10)5-13/h3-4,6-7,13H,5,10H2,1-2H3. The van der Waals surface area contributed by atoms with Gasteiger partial charge in [-0.1, -0.05) is 0 Å². The van der Waals surface area contributed by atoms with Crippen molar-refractivity contribution in [3.63, 3.8) is 0 Å². The summed E-state index contributed by atoms with van der Waals surface area (Å²) in [4.78, 5) is 7.99. The summed E-state index contributed by atoms with van der Waals surface area (Å²) in [5.41, 5.74) is 6.18. The van der Waals surface area contributed by atoms with E-state index in [1.54, 1.807) is 12.3 Å². The number of hydrogen-bond acceptors (Lipinski definition) is 5. The lowest BCUT2D eigenvalue weighted by Crippen LogP contribution is -2.17. The molecule has 1 aromatic rings. The summed E-state index contributed by atoms with van der Waals surface area (Å²) in [6.07, 6.45) is 1.59. The van der Waals surface area contributed by atoms with E-state index in [0.29, 0.717) is 11.7 Å². The van der Waals surface area contributed by atoms with Crippen LogP contribution in [0.4, 0.5) is 0 Å². The van der Waals surface area contributed by atoms with Crippen LogP contribution in [0.25, 0.3) is 0 Å². The van der Waals surface area contributed by atoms with Gasteiger partial charge in [0.25, 0.3) is 0 Å². The first-order valence-electron chi connectivity index (χ1n) is 4.49. The van der Waals surface area contributed by atoms with Crippen LogP contribution < -0.4 is 10.5 Å². The first kappa shape index (κ1) is 10.9. The van der Waals surface area contributed by atoms with Crippen LogP contribution in [0.2, 0.25) is 0 Å². The van der Waals surface area contributed by atoms with Gasteiger partial charge in [0.15, 0.2) is 0 Å². The third kappa shape index (κ3) is 2.93. The number of aliphatic hydroxyl groups excluding tert-OH is 1. The normalized spacial score (nSPS) is 12.9. The van der Waals surface area contributed by atoms with Crippen LogP contribution in [-0.2, 0) is 0 Å². The van der Waals surface area contributed by atoms with Gasteiger partial charge < -0.3 is 15.6 Å². The molecule has 0 saturated heterocycles. The van der Waals surface area contributed by atoms with E-state index >= 15 is 0 Å². The molecular weight excluding hydrogens is 182 g/mol. The van der Waals surface area contributed by atoms with Gasteiger partial charge >= 0.3 is 6.01 Å². The minimum atomic E-state index is -0.479. The smallest absolute Gasteiger partial charge is 0.316 e. The van der Waals surface area contributed by atoms with E-state index < -0.39 is 6.04 Å². The minimum Gasteiger partial charge on any atom is -0.461 e. The summed E-state index contributed by atoms with van der Waals surface area (Å²) < 4.78 is 5.29. The number of nitrogens with zero attached hydrogens (tertiary/aromatic N) is 2. The summed E-state index contributed by atoms with van der Waals surface area (Å²) >= 11 is 0. The highest BCUT2D eigenvalue weighted by atomic mass is 16.5. The molecule has 78 valence electrons. The Morgan fingerprint density at radius 3 is 2.86 bits per heavy atom. The van der Waals surface area contributed by atoms with Crippen LogP contribution in [0.15, 0.2) is 12.3 Å². The predicted molar refractivity (Wildman–Crippen MR) is 51.8 cm³/mol. The fraction of sp³-hybridized carbons (Fsp3) is 0.556. The first-order chi connectivity index (χ1) is 6.63. The fourth-order valence-corrected chi connectivity index (χ4v) is 0.922. The summed E-state index contributed by atoms with van der Waals surface area (Å²) in [5.74, 6) is 0. The summed E-state index contributed by atoms with van der Waals surface area (Å²) in [7, 11) is 0. The molecule has 1 unspecified atom stereocenters. The molecule has 5 heteroatoms. The second-order valence-electron chi connectivity index (χ2n) is 3.22. The topological polar surface area (TPSA) is 81.3 Å². The van der Waals surface area contributed by atoms with E-state index in [1.807, 2.05) is 13.8 Å².